The maximum atomic E-state index is 12.4. The van der Waals surface area contributed by atoms with Crippen LogP contribution in [-0.4, -0.2) is 76.1 Å². The topological polar surface area (TPSA) is 82.5 Å². The fourth-order valence-electron chi connectivity index (χ4n) is 2.47. The fourth-order valence-corrected chi connectivity index (χ4v) is 2.47. The van der Waals surface area contributed by atoms with Crippen molar-refractivity contribution in [2.24, 2.45) is 0 Å². The molecule has 0 bridgehead atoms. The van der Waals surface area contributed by atoms with Gasteiger partial charge in [0, 0.05) is 32.7 Å². The second-order valence-corrected chi connectivity index (χ2v) is 5.71. The van der Waals surface area contributed by atoms with Gasteiger partial charge in [0.05, 0.1) is 17.9 Å². The zero-order valence-corrected chi connectivity index (χ0v) is 14.5. The van der Waals surface area contributed by atoms with Gasteiger partial charge in [0.15, 0.2) is 0 Å². The number of aromatic nitrogens is 3. The second kappa shape index (κ2) is 7.85. The number of carbonyl (C=O) groups is 2. The zero-order valence-electron chi connectivity index (χ0n) is 14.5. The summed E-state index contributed by atoms with van der Waals surface area (Å²) in [5.74, 6) is 0.326. The van der Waals surface area contributed by atoms with Gasteiger partial charge in [-0.1, -0.05) is 6.58 Å². The van der Waals surface area contributed by atoms with Crippen LogP contribution in [0.3, 0.4) is 0 Å². The van der Waals surface area contributed by atoms with Crippen LogP contribution in [0, 0.1) is 13.8 Å². The normalized spacial score (nSPS) is 14.5. The maximum Gasteiger partial charge on any atom is 0.246 e. The van der Waals surface area contributed by atoms with Crippen LogP contribution < -0.4 is 4.90 Å². The Bertz CT molecular complexity index is 625. The van der Waals surface area contributed by atoms with Crippen LogP contribution in [-0.2, 0) is 9.59 Å². The number of piperazine rings is 1. The van der Waals surface area contributed by atoms with E-state index in [0.29, 0.717) is 38.7 Å². The van der Waals surface area contributed by atoms with Crippen molar-refractivity contribution in [3.8, 4) is 0 Å². The first-order chi connectivity index (χ1) is 11.5. The van der Waals surface area contributed by atoms with Crippen LogP contribution in [0.2, 0.25) is 0 Å². The highest BCUT2D eigenvalue weighted by Gasteiger charge is 2.24. The Labute approximate surface area is 142 Å². The van der Waals surface area contributed by atoms with Gasteiger partial charge in [-0.2, -0.15) is 5.10 Å². The van der Waals surface area contributed by atoms with E-state index in [-0.39, 0.29) is 18.4 Å². The van der Waals surface area contributed by atoms with Gasteiger partial charge in [-0.3, -0.25) is 9.59 Å². The monoisotopic (exact) mass is 332 g/mol. The van der Waals surface area contributed by atoms with E-state index in [1.165, 1.54) is 11.0 Å². The third-order valence-electron chi connectivity index (χ3n) is 4.19. The molecule has 130 valence electrons. The number of nitrogens with zero attached hydrogens (tertiary/aromatic N) is 6. The minimum Gasteiger partial charge on any atom is -0.338 e. The van der Waals surface area contributed by atoms with Gasteiger partial charge in [0.1, 0.15) is 0 Å². The number of hydrogen-bond donors (Lipinski definition) is 0. The van der Waals surface area contributed by atoms with Crippen molar-refractivity contribution in [1.29, 1.82) is 0 Å². The summed E-state index contributed by atoms with van der Waals surface area (Å²) in [4.78, 5) is 33.8. The lowest BCUT2D eigenvalue weighted by atomic mass is 10.3. The number of aryl methyl sites for hydroxylation is 2. The van der Waals surface area contributed by atoms with Crippen molar-refractivity contribution >= 4 is 17.8 Å². The summed E-state index contributed by atoms with van der Waals surface area (Å²) in [6, 6.07) is 0. The van der Waals surface area contributed by atoms with Crippen LogP contribution in [0.4, 0.5) is 5.95 Å². The van der Waals surface area contributed by atoms with Gasteiger partial charge in [-0.25, -0.2) is 4.98 Å². The van der Waals surface area contributed by atoms with E-state index >= 15 is 0 Å². The molecule has 0 saturated carbocycles. The predicted molar refractivity (Wildman–Crippen MR) is 90.5 cm³/mol. The molecule has 1 aromatic heterocycles. The van der Waals surface area contributed by atoms with E-state index in [0.717, 1.165) is 11.4 Å². The third kappa shape index (κ3) is 4.06. The molecule has 2 rings (SSSR count). The van der Waals surface area contributed by atoms with Crippen molar-refractivity contribution in [3.05, 3.63) is 24.0 Å². The van der Waals surface area contributed by atoms with Gasteiger partial charge in [0.25, 0.3) is 0 Å². The number of carbonyl (C=O) groups excluding carboxylic acids is 2. The zero-order chi connectivity index (χ0) is 17.7. The summed E-state index contributed by atoms with van der Waals surface area (Å²) in [5.41, 5.74) is 1.68. The van der Waals surface area contributed by atoms with Crippen molar-refractivity contribution < 1.29 is 9.59 Å². The molecule has 1 saturated heterocycles. The second-order valence-electron chi connectivity index (χ2n) is 5.71. The van der Waals surface area contributed by atoms with E-state index in [4.69, 9.17) is 0 Å². The van der Waals surface area contributed by atoms with Gasteiger partial charge in [0.2, 0.25) is 17.8 Å². The molecule has 0 spiro atoms. The first kappa shape index (κ1) is 17.8. The molecule has 2 heterocycles. The van der Waals surface area contributed by atoms with Crippen molar-refractivity contribution in [3.63, 3.8) is 0 Å². The average molecular weight is 332 g/mol. The summed E-state index contributed by atoms with van der Waals surface area (Å²) < 4.78 is 0. The molecule has 1 aromatic rings. The molecule has 2 amide bonds. The average Bonchev–Trinajstić information content (AvgIpc) is 2.61. The van der Waals surface area contributed by atoms with Crippen molar-refractivity contribution in [2.75, 3.05) is 44.2 Å². The van der Waals surface area contributed by atoms with E-state index in [2.05, 4.69) is 21.8 Å². The largest absolute Gasteiger partial charge is 0.338 e. The first-order valence-corrected chi connectivity index (χ1v) is 8.08. The van der Waals surface area contributed by atoms with Crippen LogP contribution in [0.25, 0.3) is 0 Å². The van der Waals surface area contributed by atoms with Crippen LogP contribution in [0.15, 0.2) is 12.7 Å². The Morgan fingerprint density at radius 3 is 2.38 bits per heavy atom. The lowest BCUT2D eigenvalue weighted by Gasteiger charge is -2.35. The van der Waals surface area contributed by atoms with Gasteiger partial charge in [-0.05, 0) is 26.8 Å². The van der Waals surface area contributed by atoms with Gasteiger partial charge >= 0.3 is 0 Å². The molecule has 0 aliphatic carbocycles. The highest BCUT2D eigenvalue weighted by Crippen LogP contribution is 2.12. The number of likely N-dealkylation sites (N-methyl/N-ethyl adjacent to an activating group) is 1. The molecule has 0 radical (unpaired) electrons. The number of hydrogen-bond acceptors (Lipinski definition) is 6. The predicted octanol–water partition coefficient (Wildman–Crippen LogP) is 0.172. The van der Waals surface area contributed by atoms with E-state index in [9.17, 15) is 9.59 Å². The third-order valence-corrected chi connectivity index (χ3v) is 4.19. The molecule has 1 aliphatic rings. The molecule has 8 nitrogen and oxygen atoms in total. The molecule has 1 fully saturated rings. The summed E-state index contributed by atoms with van der Waals surface area (Å²) in [5, 5.41) is 8.22. The first-order valence-electron chi connectivity index (χ1n) is 8.08. The molecule has 24 heavy (non-hydrogen) atoms. The van der Waals surface area contributed by atoms with E-state index < -0.39 is 0 Å². The molecule has 0 atom stereocenters. The lowest BCUT2D eigenvalue weighted by Crippen LogP contribution is -2.52. The van der Waals surface area contributed by atoms with Crippen LogP contribution in [0.5, 0.6) is 0 Å². The molecule has 0 unspecified atom stereocenters. The smallest absolute Gasteiger partial charge is 0.246 e. The molecule has 8 heteroatoms. The minimum atomic E-state index is -0.223. The molecule has 1 aliphatic heterocycles. The van der Waals surface area contributed by atoms with Crippen molar-refractivity contribution in [1.82, 2.24) is 25.0 Å². The minimum absolute atomic E-state index is 0.0502. The highest BCUT2D eigenvalue weighted by molar-refractivity contribution is 5.90. The SMILES string of the molecule is C=CC(=O)N(CC)CC(=O)N1CCN(c2nnc(C)c(C)n2)CC1. The standard InChI is InChI=1S/C16H24N6O2/c1-5-14(23)20(6-2)11-15(24)21-7-9-22(10-8-21)16-17-12(3)13(4)18-19-16/h5H,1,6-11H2,2-4H3. The Morgan fingerprint density at radius 2 is 1.83 bits per heavy atom. The van der Waals surface area contributed by atoms with Crippen LogP contribution >= 0.6 is 0 Å². The highest BCUT2D eigenvalue weighted by atomic mass is 16.2. The number of amides is 2. The quantitative estimate of drug-likeness (QED) is 0.715. The fraction of sp³-hybridized carbons (Fsp3) is 0.562. The number of anilines is 1. The summed E-state index contributed by atoms with van der Waals surface area (Å²) >= 11 is 0. The Balaban J connectivity index is 1.92. The summed E-state index contributed by atoms with van der Waals surface area (Å²) in [7, 11) is 0. The summed E-state index contributed by atoms with van der Waals surface area (Å²) in [6.07, 6.45) is 1.23. The molecule has 0 N–H and O–H groups in total. The van der Waals surface area contributed by atoms with Crippen molar-refractivity contribution in [2.45, 2.75) is 20.8 Å². The lowest BCUT2D eigenvalue weighted by molar-refractivity contribution is -0.138. The number of rotatable bonds is 5. The van der Waals surface area contributed by atoms with Crippen LogP contribution in [0.1, 0.15) is 18.3 Å². The van der Waals surface area contributed by atoms with Gasteiger partial charge in [-0.15, -0.1) is 5.10 Å². The Morgan fingerprint density at radius 1 is 1.17 bits per heavy atom. The molecular weight excluding hydrogens is 308 g/mol. The van der Waals surface area contributed by atoms with E-state index in [1.807, 2.05) is 25.7 Å². The Kier molecular flexibility index (Phi) is 5.83. The molecule has 0 aromatic carbocycles. The summed E-state index contributed by atoms with van der Waals surface area (Å²) in [6.45, 7) is 12.1. The molecular formula is C16H24N6O2. The maximum absolute atomic E-state index is 12.4. The van der Waals surface area contributed by atoms with Gasteiger partial charge < -0.3 is 14.7 Å². The van der Waals surface area contributed by atoms with E-state index in [1.54, 1.807) is 4.90 Å². The Hall–Kier alpha value is -2.51.